The van der Waals surface area contributed by atoms with Gasteiger partial charge in [0.25, 0.3) is 0 Å². The van der Waals surface area contributed by atoms with Crippen LogP contribution in [-0.4, -0.2) is 230 Å². The first-order valence-electron chi connectivity index (χ1n) is 33.3. The van der Waals surface area contributed by atoms with Crippen LogP contribution < -0.4 is 0 Å². The fourth-order valence-electron chi connectivity index (χ4n) is 12.3. The van der Waals surface area contributed by atoms with Crippen LogP contribution in [0.5, 0.6) is 0 Å². The Kier molecular flexibility index (Phi) is 31.8. The van der Waals surface area contributed by atoms with Gasteiger partial charge in [0, 0.05) is 12.8 Å². The molecule has 0 bridgehead atoms. The van der Waals surface area contributed by atoms with Crippen LogP contribution in [0.3, 0.4) is 0 Å². The lowest BCUT2D eigenvalue weighted by molar-refractivity contribution is -0.400. The van der Waals surface area contributed by atoms with Crippen molar-refractivity contribution in [1.82, 2.24) is 0 Å². The van der Waals surface area contributed by atoms with E-state index in [-0.39, 0.29) is 18.9 Å². The minimum Gasteiger partial charge on any atom is -0.457 e. The Morgan fingerprint density at radius 2 is 1.03 bits per heavy atom. The van der Waals surface area contributed by atoms with Gasteiger partial charge < -0.3 is 108 Å². The number of carbonyl (C=O) groups excluding carboxylic acids is 3. The third-order valence-electron chi connectivity index (χ3n) is 18.2. The van der Waals surface area contributed by atoms with Crippen LogP contribution >= 0.6 is 0 Å². The quantitative estimate of drug-likeness (QED) is 0.0349. The Morgan fingerprint density at radius 1 is 0.489 bits per heavy atom. The number of fused-ring (bicyclic) bond motifs is 2. The lowest BCUT2D eigenvalue weighted by Gasteiger charge is -2.51. The van der Waals surface area contributed by atoms with Crippen LogP contribution in [0.15, 0.2) is 0 Å². The third-order valence-corrected chi connectivity index (χ3v) is 18.2. The Morgan fingerprint density at radius 3 is 1.69 bits per heavy atom. The third kappa shape index (κ3) is 20.8. The van der Waals surface area contributed by atoms with Gasteiger partial charge in [0.2, 0.25) is 0 Å². The van der Waals surface area contributed by atoms with Crippen molar-refractivity contribution in [2.24, 2.45) is 5.92 Å². The van der Waals surface area contributed by atoms with E-state index in [2.05, 4.69) is 13.8 Å². The van der Waals surface area contributed by atoms with E-state index in [0.29, 0.717) is 38.5 Å². The van der Waals surface area contributed by atoms with Crippen molar-refractivity contribution in [2.45, 2.75) is 369 Å². The molecule has 0 aromatic rings. The number of hydrogen-bond donors (Lipinski definition) is 9. The van der Waals surface area contributed by atoms with Gasteiger partial charge in [-0.1, -0.05) is 137 Å². The molecule has 6 rings (SSSR count). The van der Waals surface area contributed by atoms with Gasteiger partial charge in [-0.2, -0.15) is 0 Å². The molecule has 0 radical (unpaired) electrons. The molecule has 6 heterocycles. The average Bonchev–Trinajstić information content (AvgIpc) is 1.58. The van der Waals surface area contributed by atoms with E-state index < -0.39 is 184 Å². The van der Waals surface area contributed by atoms with Crippen LogP contribution in [-0.2, 0) is 76.0 Å². The van der Waals surface area contributed by atoms with Crippen molar-refractivity contribution in [3.63, 3.8) is 0 Å². The second kappa shape index (κ2) is 37.5. The molecule has 25 nitrogen and oxygen atoms in total. The molecule has 0 amide bonds. The summed E-state index contributed by atoms with van der Waals surface area (Å²) >= 11 is 0. The Hall–Kier alpha value is -2.35. The van der Waals surface area contributed by atoms with Crippen molar-refractivity contribution < 1.29 is 122 Å². The van der Waals surface area contributed by atoms with Gasteiger partial charge in [0.1, 0.15) is 79.4 Å². The predicted octanol–water partition coefficient (Wildman–Crippen LogP) is 4.30. The standard InChI is InChI=1S/C63H110O25/c1-9-12-14-15-16-17-20-23-28-32-42(66)83-57-56(88-59-48(72)45(69)43(67)35(5)76-59)53(86-60-49(73)47(71)51(36(6)77-60)84-58(75)34(4)11-3)38(8)79-63(57)85-52-37(7)78-61-55(50(52)74)82-41(65)31-27-24-21-18-19-22-26-30-39(29-25-13-10-2)80-62-54(87-61)46(70)44(68)40(33-64)81-62/h34-40,43-57,59-64,67-74H,9-33H2,1-8H3/t34-,35-,36-,37-,38-,39-,40+,43-,44+,45+,46-,47-,48+,49+,50+,51-,52-,53-,54+,55+,56+,57+,59-,60-,61-,62+,63-/m0/s1. The van der Waals surface area contributed by atoms with E-state index in [1.54, 1.807) is 13.8 Å². The van der Waals surface area contributed by atoms with Gasteiger partial charge >= 0.3 is 17.9 Å². The van der Waals surface area contributed by atoms with Crippen molar-refractivity contribution >= 4 is 17.9 Å². The zero-order chi connectivity index (χ0) is 64.2. The normalized spacial score (nSPS) is 41.3. The molecule has 0 unspecified atom stereocenters. The molecular formula is C63H110O25. The van der Waals surface area contributed by atoms with Gasteiger partial charge in [-0.15, -0.1) is 0 Å². The number of esters is 3. The van der Waals surface area contributed by atoms with E-state index in [1.165, 1.54) is 34.1 Å². The highest BCUT2D eigenvalue weighted by molar-refractivity contribution is 5.72. The van der Waals surface area contributed by atoms with E-state index in [1.807, 2.05) is 0 Å². The average molecular weight is 1270 g/mol. The smallest absolute Gasteiger partial charge is 0.309 e. The zero-order valence-corrected chi connectivity index (χ0v) is 53.3. The maximum Gasteiger partial charge on any atom is 0.309 e. The molecule has 6 fully saturated rings. The number of aliphatic hydroxyl groups is 9. The van der Waals surface area contributed by atoms with Gasteiger partial charge in [-0.25, -0.2) is 0 Å². The molecule has 9 N–H and O–H groups in total. The first-order valence-corrected chi connectivity index (χ1v) is 33.3. The maximum absolute atomic E-state index is 14.3. The summed E-state index contributed by atoms with van der Waals surface area (Å²) < 4.78 is 82.1. The number of ether oxygens (including phenoxy) is 13. The zero-order valence-electron chi connectivity index (χ0n) is 53.3. The number of rotatable bonds is 25. The second-order valence-corrected chi connectivity index (χ2v) is 25.4. The molecule has 512 valence electrons. The summed E-state index contributed by atoms with van der Waals surface area (Å²) in [7, 11) is 0. The molecule has 25 heteroatoms. The van der Waals surface area contributed by atoms with Crippen molar-refractivity contribution in [3.05, 3.63) is 0 Å². The van der Waals surface area contributed by atoms with Crippen LogP contribution in [0.1, 0.15) is 209 Å². The lowest BCUT2D eigenvalue weighted by Crippen LogP contribution is -2.68. The van der Waals surface area contributed by atoms with Gasteiger partial charge in [-0.05, 0) is 59.8 Å². The monoisotopic (exact) mass is 1270 g/mol. The number of carbonyl (C=O) groups is 3. The summed E-state index contributed by atoms with van der Waals surface area (Å²) in [6.07, 6.45) is -21.1. The molecule has 6 aliphatic heterocycles. The molecular weight excluding hydrogens is 1160 g/mol. The number of aliphatic hydroxyl groups excluding tert-OH is 9. The second-order valence-electron chi connectivity index (χ2n) is 25.4. The van der Waals surface area contributed by atoms with Crippen LogP contribution in [0.4, 0.5) is 0 Å². The highest BCUT2D eigenvalue weighted by Crippen LogP contribution is 2.39. The fourth-order valence-corrected chi connectivity index (χ4v) is 12.3. The first-order chi connectivity index (χ1) is 42.1. The van der Waals surface area contributed by atoms with Crippen molar-refractivity contribution in [3.8, 4) is 0 Å². The first kappa shape index (κ1) is 74.7. The van der Waals surface area contributed by atoms with Crippen LogP contribution in [0.25, 0.3) is 0 Å². The minimum absolute atomic E-state index is 0.0482. The van der Waals surface area contributed by atoms with E-state index >= 15 is 0 Å². The Balaban J connectivity index is 1.35. The largest absolute Gasteiger partial charge is 0.457 e. The maximum atomic E-state index is 14.3. The summed E-state index contributed by atoms with van der Waals surface area (Å²) in [5, 5.41) is 102. The summed E-state index contributed by atoms with van der Waals surface area (Å²) in [6, 6.07) is 0. The number of hydrogen-bond acceptors (Lipinski definition) is 25. The summed E-state index contributed by atoms with van der Waals surface area (Å²) in [6.45, 7) is 13.0. The molecule has 0 aliphatic carbocycles. The molecule has 6 aliphatic rings. The Labute approximate surface area is 519 Å². The molecule has 0 aromatic heterocycles. The molecule has 27 atom stereocenters. The molecule has 0 spiro atoms. The summed E-state index contributed by atoms with van der Waals surface area (Å²) in [5.74, 6) is -2.63. The molecule has 0 saturated carbocycles. The topological polar surface area (TPSA) is 353 Å². The highest BCUT2D eigenvalue weighted by Gasteiger charge is 2.59. The molecule has 6 saturated heterocycles. The van der Waals surface area contributed by atoms with Crippen LogP contribution in [0.2, 0.25) is 0 Å². The fraction of sp³-hybridized carbons (Fsp3) is 0.952. The SMILES string of the molecule is CCCCCCCCCCCC(=O)O[C@H]1[C@H](O[C@@H]2[C@@H](O)[C@H]3OC(=O)CCCCCCCCC[C@H](CCCCC)O[C@@H]4O[C@H](CO)[C@@H](O)[C@H](O)[C@H]4O[C@@H]3O[C@H]2C)O[C@@H](C)[C@H](O[C@@H]2O[C@@H](C)[C@H](OC(=O)[C@@H](C)CC)[C@@H](O)[C@H]2O)[C@H]1O[C@@H]1O[C@@H](C)[C@H](O)[C@@H](O)[C@H]1O. The lowest BCUT2D eigenvalue weighted by atomic mass is 9.95. The minimum atomic E-state index is -1.92. The predicted molar refractivity (Wildman–Crippen MR) is 312 cm³/mol. The number of unbranched alkanes of at least 4 members (excludes halogenated alkanes) is 10. The van der Waals surface area contributed by atoms with Gasteiger partial charge in [0.05, 0.1) is 43.0 Å². The van der Waals surface area contributed by atoms with Crippen molar-refractivity contribution in [1.29, 1.82) is 0 Å². The summed E-state index contributed by atoms with van der Waals surface area (Å²) in [5.41, 5.74) is 0. The van der Waals surface area contributed by atoms with Gasteiger partial charge in [0.15, 0.2) is 49.8 Å². The molecule has 0 aromatic carbocycles. The van der Waals surface area contributed by atoms with Gasteiger partial charge in [-0.3, -0.25) is 14.4 Å². The van der Waals surface area contributed by atoms with E-state index in [0.717, 1.165) is 96.3 Å². The van der Waals surface area contributed by atoms with Crippen LogP contribution in [0, 0.1) is 5.92 Å². The van der Waals surface area contributed by atoms with Crippen molar-refractivity contribution in [2.75, 3.05) is 6.61 Å². The van der Waals surface area contributed by atoms with E-state index in [4.69, 9.17) is 61.6 Å². The molecule has 88 heavy (non-hydrogen) atoms. The highest BCUT2D eigenvalue weighted by atomic mass is 16.8. The van der Waals surface area contributed by atoms with E-state index in [9.17, 15) is 60.3 Å². The summed E-state index contributed by atoms with van der Waals surface area (Å²) in [4.78, 5) is 41.2. The Bertz CT molecular complexity index is 2010.